The summed E-state index contributed by atoms with van der Waals surface area (Å²) < 4.78 is 30.7. The van der Waals surface area contributed by atoms with E-state index >= 15 is 0 Å². The Kier molecular flexibility index (Phi) is 5.77. The van der Waals surface area contributed by atoms with Gasteiger partial charge in [0.05, 0.1) is 11.4 Å². The Labute approximate surface area is 143 Å². The van der Waals surface area contributed by atoms with Crippen LogP contribution in [-0.2, 0) is 15.2 Å². The van der Waals surface area contributed by atoms with Gasteiger partial charge in [0.2, 0.25) is 0 Å². The van der Waals surface area contributed by atoms with Crippen LogP contribution in [0.1, 0.15) is 36.8 Å². The van der Waals surface area contributed by atoms with E-state index in [2.05, 4.69) is 31.9 Å². The van der Waals surface area contributed by atoms with Gasteiger partial charge in [0, 0.05) is 28.0 Å². The molecule has 0 amide bonds. The molecule has 2 rings (SSSR count). The lowest BCUT2D eigenvalue weighted by molar-refractivity contribution is 0.154. The van der Waals surface area contributed by atoms with Crippen molar-refractivity contribution in [3.8, 4) is 5.75 Å². The molecule has 0 aromatic heterocycles. The van der Waals surface area contributed by atoms with Gasteiger partial charge in [-0.05, 0) is 43.9 Å². The molecule has 0 radical (unpaired) electrons. The van der Waals surface area contributed by atoms with Gasteiger partial charge in [0.15, 0.2) is 0 Å². The van der Waals surface area contributed by atoms with Gasteiger partial charge >= 0.3 is 0 Å². The van der Waals surface area contributed by atoms with E-state index in [0.717, 1.165) is 40.6 Å². The molecular formula is C15H20Br2O3S. The van der Waals surface area contributed by atoms with Gasteiger partial charge < -0.3 is 4.74 Å². The summed E-state index contributed by atoms with van der Waals surface area (Å²) in [6.07, 6.45) is 4.48. The number of alkyl halides is 1. The molecule has 1 fully saturated rings. The van der Waals surface area contributed by atoms with Crippen molar-refractivity contribution >= 4 is 41.7 Å². The smallest absolute Gasteiger partial charge is 0.150 e. The summed E-state index contributed by atoms with van der Waals surface area (Å²) in [5.74, 6) is 0.884. The van der Waals surface area contributed by atoms with Gasteiger partial charge in [-0.2, -0.15) is 0 Å². The lowest BCUT2D eigenvalue weighted by Crippen LogP contribution is -2.33. The van der Waals surface area contributed by atoms with Crippen molar-refractivity contribution in [2.24, 2.45) is 0 Å². The lowest BCUT2D eigenvalue weighted by atomic mass is 9.97. The third-order valence-corrected chi connectivity index (χ3v) is 6.63. The van der Waals surface area contributed by atoms with Crippen LogP contribution in [0.25, 0.3) is 0 Å². The number of sulfone groups is 1. The minimum absolute atomic E-state index is 0.0175. The van der Waals surface area contributed by atoms with Crippen LogP contribution in [0.3, 0.4) is 0 Å². The molecule has 1 saturated carbocycles. The molecule has 2 unspecified atom stereocenters. The summed E-state index contributed by atoms with van der Waals surface area (Å²) in [4.78, 5) is 0. The van der Waals surface area contributed by atoms with Crippen LogP contribution in [0.5, 0.6) is 5.75 Å². The summed E-state index contributed by atoms with van der Waals surface area (Å²) in [5.41, 5.74) is 2.16. The second-order valence-corrected chi connectivity index (χ2v) is 9.50. The van der Waals surface area contributed by atoms with Gasteiger partial charge in [0.25, 0.3) is 0 Å². The molecule has 1 aliphatic rings. The Bertz CT molecular complexity index is 614. The summed E-state index contributed by atoms with van der Waals surface area (Å²) in [6.45, 7) is 2.02. The molecule has 21 heavy (non-hydrogen) atoms. The maximum atomic E-state index is 11.7. The topological polar surface area (TPSA) is 43.4 Å². The Morgan fingerprint density at radius 3 is 2.67 bits per heavy atom. The Morgan fingerprint density at radius 1 is 1.33 bits per heavy atom. The van der Waals surface area contributed by atoms with Crippen LogP contribution in [0, 0.1) is 6.92 Å². The van der Waals surface area contributed by atoms with E-state index in [0.29, 0.717) is 11.8 Å². The zero-order valence-electron chi connectivity index (χ0n) is 12.2. The Morgan fingerprint density at radius 2 is 2.05 bits per heavy atom. The zero-order valence-corrected chi connectivity index (χ0v) is 16.2. The summed E-state index contributed by atoms with van der Waals surface area (Å²) in [5, 5.41) is 0.449. The number of halogens is 2. The van der Waals surface area contributed by atoms with Crippen LogP contribution in [0.15, 0.2) is 16.6 Å². The Balaban J connectivity index is 2.18. The molecule has 1 aromatic carbocycles. The van der Waals surface area contributed by atoms with E-state index in [1.165, 1.54) is 6.26 Å². The highest BCUT2D eigenvalue weighted by molar-refractivity contribution is 9.10. The fourth-order valence-electron chi connectivity index (χ4n) is 2.83. The quantitative estimate of drug-likeness (QED) is 0.653. The van der Waals surface area contributed by atoms with E-state index in [1.54, 1.807) is 0 Å². The van der Waals surface area contributed by atoms with Crippen LogP contribution in [0.4, 0.5) is 0 Å². The van der Waals surface area contributed by atoms with E-state index in [-0.39, 0.29) is 11.4 Å². The summed E-state index contributed by atoms with van der Waals surface area (Å²) >= 11 is 6.98. The first-order chi connectivity index (χ1) is 9.81. The van der Waals surface area contributed by atoms with Crippen LogP contribution >= 0.6 is 31.9 Å². The molecule has 0 bridgehead atoms. The summed E-state index contributed by atoms with van der Waals surface area (Å²) in [7, 11) is -2.98. The maximum Gasteiger partial charge on any atom is 0.150 e. The fourth-order valence-corrected chi connectivity index (χ4v) is 5.03. The van der Waals surface area contributed by atoms with Gasteiger partial charge in [-0.1, -0.05) is 31.9 Å². The minimum atomic E-state index is -2.98. The second-order valence-electron chi connectivity index (χ2n) is 5.70. The molecular weight excluding hydrogens is 420 g/mol. The second kappa shape index (κ2) is 7.01. The average molecular weight is 440 g/mol. The SMILES string of the molecule is Cc1cc(Br)cc(CBr)c1OC1CCCC(S(C)(=O)=O)C1. The number of ether oxygens (including phenoxy) is 1. The molecule has 0 heterocycles. The van der Waals surface area contributed by atoms with Crippen molar-refractivity contribution in [1.29, 1.82) is 0 Å². The highest BCUT2D eigenvalue weighted by Gasteiger charge is 2.30. The van der Waals surface area contributed by atoms with Gasteiger partial charge in [-0.25, -0.2) is 8.42 Å². The van der Waals surface area contributed by atoms with E-state index in [9.17, 15) is 8.42 Å². The van der Waals surface area contributed by atoms with Crippen LogP contribution in [0.2, 0.25) is 0 Å². The van der Waals surface area contributed by atoms with Crippen molar-refractivity contribution < 1.29 is 13.2 Å². The first-order valence-electron chi connectivity index (χ1n) is 7.01. The van der Waals surface area contributed by atoms with Crippen molar-refractivity contribution in [2.75, 3.05) is 6.26 Å². The maximum absolute atomic E-state index is 11.7. The molecule has 0 spiro atoms. The Hall–Kier alpha value is -0.0700. The first kappa shape index (κ1) is 17.3. The lowest BCUT2D eigenvalue weighted by Gasteiger charge is -2.29. The predicted octanol–water partition coefficient (Wildman–Crippen LogP) is 4.39. The van der Waals surface area contributed by atoms with Gasteiger partial charge in [0.1, 0.15) is 15.6 Å². The third kappa shape index (κ3) is 4.45. The first-order valence-corrected chi connectivity index (χ1v) is 10.9. The highest BCUT2D eigenvalue weighted by Crippen LogP contribution is 2.34. The molecule has 1 aliphatic carbocycles. The van der Waals surface area contributed by atoms with Crippen molar-refractivity contribution in [3.05, 3.63) is 27.7 Å². The largest absolute Gasteiger partial charge is 0.490 e. The number of rotatable bonds is 4. The van der Waals surface area contributed by atoms with Crippen molar-refractivity contribution in [1.82, 2.24) is 0 Å². The summed E-state index contributed by atoms with van der Waals surface area (Å²) in [6, 6.07) is 4.06. The molecule has 2 atom stereocenters. The van der Waals surface area contributed by atoms with Gasteiger partial charge in [-0.15, -0.1) is 0 Å². The monoisotopic (exact) mass is 438 g/mol. The minimum Gasteiger partial charge on any atom is -0.490 e. The highest BCUT2D eigenvalue weighted by atomic mass is 79.9. The van der Waals surface area contributed by atoms with Crippen molar-refractivity contribution in [2.45, 2.75) is 49.3 Å². The average Bonchev–Trinajstić information content (AvgIpc) is 2.41. The van der Waals surface area contributed by atoms with E-state index < -0.39 is 9.84 Å². The third-order valence-electron chi connectivity index (χ3n) is 3.93. The van der Waals surface area contributed by atoms with Crippen molar-refractivity contribution in [3.63, 3.8) is 0 Å². The molecule has 1 aromatic rings. The van der Waals surface area contributed by atoms with Gasteiger partial charge in [-0.3, -0.25) is 0 Å². The number of hydrogen-bond acceptors (Lipinski definition) is 3. The molecule has 0 aliphatic heterocycles. The number of benzene rings is 1. The molecule has 6 heteroatoms. The van der Waals surface area contributed by atoms with E-state index in [4.69, 9.17) is 4.74 Å². The van der Waals surface area contributed by atoms with E-state index in [1.807, 2.05) is 19.1 Å². The molecule has 118 valence electrons. The van der Waals surface area contributed by atoms with Crippen LogP contribution < -0.4 is 4.74 Å². The number of aryl methyl sites for hydroxylation is 1. The standard InChI is InChI=1S/C15H20Br2O3S/c1-10-6-12(17)7-11(9-16)15(10)20-13-4-3-5-14(8-13)21(2,18)19/h6-7,13-14H,3-5,8-9H2,1-2H3. The van der Waals surface area contributed by atoms with Crippen LogP contribution in [-0.4, -0.2) is 26.0 Å². The fraction of sp³-hybridized carbons (Fsp3) is 0.600. The zero-order chi connectivity index (χ0) is 15.6. The number of hydrogen-bond donors (Lipinski definition) is 0. The molecule has 0 saturated heterocycles. The normalized spacial score (nSPS) is 23.0. The molecule has 3 nitrogen and oxygen atoms in total. The molecule has 0 N–H and O–H groups in total. The predicted molar refractivity (Wildman–Crippen MR) is 93.0 cm³/mol.